The zero-order chi connectivity index (χ0) is 17.3. The van der Waals surface area contributed by atoms with E-state index in [1.807, 2.05) is 12.1 Å². The lowest BCUT2D eigenvalue weighted by molar-refractivity contribution is -0.142. The maximum atomic E-state index is 12.4. The summed E-state index contributed by atoms with van der Waals surface area (Å²) in [6.07, 6.45) is 9.40. The number of hydrogen-bond donors (Lipinski definition) is 0. The Kier molecular flexibility index (Phi) is 5.06. The van der Waals surface area contributed by atoms with Gasteiger partial charge in [0, 0.05) is 30.6 Å². The van der Waals surface area contributed by atoms with Crippen molar-refractivity contribution in [3.63, 3.8) is 0 Å². The first kappa shape index (κ1) is 17.4. The Hall–Kier alpha value is -1.06. The molecule has 1 aliphatic carbocycles. The van der Waals surface area contributed by atoms with Crippen LogP contribution in [-0.4, -0.2) is 41.4 Å². The molecule has 3 aliphatic rings. The van der Waals surface area contributed by atoms with Gasteiger partial charge in [0.05, 0.1) is 0 Å². The van der Waals surface area contributed by atoms with E-state index in [0.29, 0.717) is 17.4 Å². The van der Waals surface area contributed by atoms with E-state index in [1.54, 1.807) is 0 Å². The summed E-state index contributed by atoms with van der Waals surface area (Å²) < 4.78 is 0. The van der Waals surface area contributed by atoms with Crippen LogP contribution in [0.3, 0.4) is 0 Å². The number of likely N-dealkylation sites (tertiary alicyclic amines) is 2. The molecule has 0 aromatic heterocycles. The molecule has 1 amide bonds. The fourth-order valence-corrected chi connectivity index (χ4v) is 5.16. The van der Waals surface area contributed by atoms with Gasteiger partial charge in [0.25, 0.3) is 0 Å². The molecule has 4 rings (SSSR count). The summed E-state index contributed by atoms with van der Waals surface area (Å²) in [6, 6.07) is 8.77. The van der Waals surface area contributed by atoms with E-state index in [0.717, 1.165) is 44.0 Å². The van der Waals surface area contributed by atoms with Crippen LogP contribution in [0.15, 0.2) is 24.3 Å². The largest absolute Gasteiger partial charge is 0.339 e. The van der Waals surface area contributed by atoms with Gasteiger partial charge in [-0.25, -0.2) is 0 Å². The molecule has 3 fully saturated rings. The van der Waals surface area contributed by atoms with E-state index < -0.39 is 0 Å². The normalized spacial score (nSPS) is 25.0. The maximum Gasteiger partial charge on any atom is 0.222 e. The standard InChI is InChI=1S/C21H29ClN2O/c22-18-7-5-17(6-8-18)15-23-13-11-21(12-14-23)10-9-20(25)24(16-21)19-3-1-2-4-19/h5-8,19H,1-4,9-16H2. The third-order valence-corrected chi connectivity index (χ3v) is 6.95. The van der Waals surface area contributed by atoms with E-state index in [9.17, 15) is 4.79 Å². The molecule has 1 saturated carbocycles. The summed E-state index contributed by atoms with van der Waals surface area (Å²) in [7, 11) is 0. The minimum absolute atomic E-state index is 0.382. The molecule has 0 unspecified atom stereocenters. The zero-order valence-electron chi connectivity index (χ0n) is 15.1. The molecule has 2 aliphatic heterocycles. The third-order valence-electron chi connectivity index (χ3n) is 6.70. The van der Waals surface area contributed by atoms with Gasteiger partial charge in [-0.2, -0.15) is 0 Å². The van der Waals surface area contributed by atoms with Crippen LogP contribution >= 0.6 is 11.6 Å². The van der Waals surface area contributed by atoms with Crippen molar-refractivity contribution in [2.24, 2.45) is 5.41 Å². The molecule has 1 spiro atoms. The van der Waals surface area contributed by atoms with Crippen LogP contribution in [0.4, 0.5) is 0 Å². The summed E-state index contributed by atoms with van der Waals surface area (Å²) in [6.45, 7) is 4.33. The molecule has 3 nitrogen and oxygen atoms in total. The number of carbonyl (C=O) groups is 1. The SMILES string of the molecule is O=C1CCC2(CCN(Cc3ccc(Cl)cc3)CC2)CN1C1CCCC1. The average molecular weight is 361 g/mol. The molecule has 0 atom stereocenters. The molecule has 4 heteroatoms. The lowest BCUT2D eigenvalue weighted by Gasteiger charge is -2.49. The van der Waals surface area contributed by atoms with E-state index in [1.165, 1.54) is 44.1 Å². The molecule has 1 aromatic carbocycles. The highest BCUT2D eigenvalue weighted by atomic mass is 35.5. The molecule has 136 valence electrons. The van der Waals surface area contributed by atoms with Crippen molar-refractivity contribution in [3.8, 4) is 0 Å². The highest BCUT2D eigenvalue weighted by Gasteiger charge is 2.43. The molecule has 1 aromatic rings. The number of carbonyl (C=O) groups excluding carboxylic acids is 1. The molecule has 0 bridgehead atoms. The van der Waals surface area contributed by atoms with Crippen molar-refractivity contribution < 1.29 is 4.79 Å². The monoisotopic (exact) mass is 360 g/mol. The van der Waals surface area contributed by atoms with E-state index in [4.69, 9.17) is 11.6 Å². The van der Waals surface area contributed by atoms with Crippen LogP contribution in [0.2, 0.25) is 5.02 Å². The highest BCUT2D eigenvalue weighted by molar-refractivity contribution is 6.30. The first-order chi connectivity index (χ1) is 12.1. The van der Waals surface area contributed by atoms with E-state index >= 15 is 0 Å². The molecule has 25 heavy (non-hydrogen) atoms. The van der Waals surface area contributed by atoms with Gasteiger partial charge in [-0.1, -0.05) is 36.6 Å². The first-order valence-corrected chi connectivity index (χ1v) is 10.3. The Morgan fingerprint density at radius 2 is 1.72 bits per heavy atom. The van der Waals surface area contributed by atoms with Gasteiger partial charge in [0.2, 0.25) is 5.91 Å². The predicted molar refractivity (Wildman–Crippen MR) is 102 cm³/mol. The number of rotatable bonds is 3. The van der Waals surface area contributed by atoms with Crippen LogP contribution in [0.25, 0.3) is 0 Å². The van der Waals surface area contributed by atoms with Crippen molar-refractivity contribution in [1.29, 1.82) is 0 Å². The maximum absolute atomic E-state index is 12.4. The van der Waals surface area contributed by atoms with Crippen LogP contribution < -0.4 is 0 Å². The Morgan fingerprint density at radius 3 is 2.40 bits per heavy atom. The first-order valence-electron chi connectivity index (χ1n) is 9.90. The Labute approximate surface area is 156 Å². The van der Waals surface area contributed by atoms with Gasteiger partial charge < -0.3 is 4.90 Å². The number of halogens is 1. The summed E-state index contributed by atoms with van der Waals surface area (Å²) >= 11 is 5.99. The molecular weight excluding hydrogens is 332 g/mol. The lowest BCUT2D eigenvalue weighted by atomic mass is 9.72. The Bertz CT molecular complexity index is 601. The van der Waals surface area contributed by atoms with Gasteiger partial charge in [-0.05, 0) is 68.3 Å². The van der Waals surface area contributed by atoms with Gasteiger partial charge in [0.1, 0.15) is 0 Å². The topological polar surface area (TPSA) is 23.6 Å². The minimum Gasteiger partial charge on any atom is -0.339 e. The van der Waals surface area contributed by atoms with Crippen LogP contribution in [0.1, 0.15) is 56.9 Å². The van der Waals surface area contributed by atoms with Crippen LogP contribution in [0, 0.1) is 5.41 Å². The highest BCUT2D eigenvalue weighted by Crippen LogP contribution is 2.42. The van der Waals surface area contributed by atoms with Gasteiger partial charge in [-0.3, -0.25) is 9.69 Å². The molecule has 2 heterocycles. The summed E-state index contributed by atoms with van der Waals surface area (Å²) in [5.74, 6) is 0.418. The fraction of sp³-hybridized carbons (Fsp3) is 0.667. The Balaban J connectivity index is 1.35. The molecular formula is C21H29ClN2O. The predicted octanol–water partition coefficient (Wildman–Crippen LogP) is 4.49. The Morgan fingerprint density at radius 1 is 1.04 bits per heavy atom. The van der Waals surface area contributed by atoms with E-state index in [-0.39, 0.29) is 0 Å². The number of benzene rings is 1. The summed E-state index contributed by atoms with van der Waals surface area (Å²) in [5.41, 5.74) is 1.72. The van der Waals surface area contributed by atoms with Gasteiger partial charge in [-0.15, -0.1) is 0 Å². The zero-order valence-corrected chi connectivity index (χ0v) is 15.8. The number of amides is 1. The smallest absolute Gasteiger partial charge is 0.222 e. The van der Waals surface area contributed by atoms with Crippen molar-refractivity contribution in [2.45, 2.75) is 64.0 Å². The third kappa shape index (κ3) is 3.88. The van der Waals surface area contributed by atoms with Gasteiger partial charge >= 0.3 is 0 Å². The fourth-order valence-electron chi connectivity index (χ4n) is 5.03. The van der Waals surface area contributed by atoms with Crippen molar-refractivity contribution in [2.75, 3.05) is 19.6 Å². The molecule has 0 N–H and O–H groups in total. The molecule has 0 radical (unpaired) electrons. The van der Waals surface area contributed by atoms with Crippen LogP contribution in [0.5, 0.6) is 0 Å². The number of nitrogens with zero attached hydrogens (tertiary/aromatic N) is 2. The lowest BCUT2D eigenvalue weighted by Crippen LogP contribution is -2.53. The minimum atomic E-state index is 0.382. The second kappa shape index (κ2) is 7.28. The van der Waals surface area contributed by atoms with Crippen molar-refractivity contribution in [3.05, 3.63) is 34.9 Å². The quantitative estimate of drug-likeness (QED) is 0.793. The summed E-state index contributed by atoms with van der Waals surface area (Å²) in [4.78, 5) is 17.3. The van der Waals surface area contributed by atoms with E-state index in [2.05, 4.69) is 21.9 Å². The second-order valence-electron chi connectivity index (χ2n) is 8.36. The van der Waals surface area contributed by atoms with Crippen molar-refractivity contribution >= 4 is 17.5 Å². The summed E-state index contributed by atoms with van der Waals surface area (Å²) in [5, 5.41) is 0.806. The van der Waals surface area contributed by atoms with Crippen molar-refractivity contribution in [1.82, 2.24) is 9.80 Å². The number of hydrogen-bond acceptors (Lipinski definition) is 2. The second-order valence-corrected chi connectivity index (χ2v) is 8.80. The molecule has 2 saturated heterocycles. The number of piperidine rings is 2. The van der Waals surface area contributed by atoms with Gasteiger partial charge in [0.15, 0.2) is 0 Å². The average Bonchev–Trinajstić information content (AvgIpc) is 3.16. The van der Waals surface area contributed by atoms with Crippen LogP contribution in [-0.2, 0) is 11.3 Å².